The number of aryl methyl sites for hydroxylation is 2. The van der Waals surface area contributed by atoms with Crippen LogP contribution in [0, 0.1) is 13.8 Å². The van der Waals surface area contributed by atoms with E-state index >= 15 is 0 Å². The lowest BCUT2D eigenvalue weighted by molar-refractivity contribution is -0.184. The lowest BCUT2D eigenvalue weighted by Crippen LogP contribution is -2.50. The zero-order valence-electron chi connectivity index (χ0n) is 23.4. The Bertz CT molecular complexity index is 1440. The molecule has 0 spiro atoms. The highest BCUT2D eigenvalue weighted by atomic mass is 16.8. The standard InChI is InChI=1S/C36H34O4/c1-25-20-26(2)22-27(21-25)31-23-32-35(33(31)37,40-34(3,4)39-32)24-38-36(28-14-8-5-9-15-28,29-16-10-6-11-17-29)30-18-12-7-13-19-30/h5-23,32H,24H2,1-4H3/t32-,35-/m0/s1. The molecular formula is C36H34O4. The van der Waals surface area contributed by atoms with Gasteiger partial charge in [-0.15, -0.1) is 0 Å². The lowest BCUT2D eigenvalue weighted by Gasteiger charge is -2.39. The fourth-order valence-corrected chi connectivity index (χ4v) is 6.24. The Morgan fingerprint density at radius 1 is 0.750 bits per heavy atom. The topological polar surface area (TPSA) is 44.8 Å². The summed E-state index contributed by atoms with van der Waals surface area (Å²) in [5.41, 5.74) is 4.28. The van der Waals surface area contributed by atoms with Crippen LogP contribution < -0.4 is 0 Å². The van der Waals surface area contributed by atoms with Crippen LogP contribution in [-0.4, -0.2) is 29.9 Å². The Labute approximate surface area is 236 Å². The van der Waals surface area contributed by atoms with Crippen molar-refractivity contribution < 1.29 is 19.0 Å². The number of carbonyl (C=O) groups is 1. The van der Waals surface area contributed by atoms with Crippen LogP contribution in [0.1, 0.15) is 47.2 Å². The van der Waals surface area contributed by atoms with Gasteiger partial charge in [-0.25, -0.2) is 0 Å². The van der Waals surface area contributed by atoms with Crippen LogP contribution in [0.4, 0.5) is 0 Å². The Morgan fingerprint density at radius 2 is 1.23 bits per heavy atom. The molecule has 0 saturated carbocycles. The first-order valence-corrected chi connectivity index (χ1v) is 13.8. The Balaban J connectivity index is 1.47. The van der Waals surface area contributed by atoms with E-state index in [4.69, 9.17) is 14.2 Å². The largest absolute Gasteiger partial charge is 0.357 e. The molecule has 0 bridgehead atoms. The molecule has 1 fully saturated rings. The van der Waals surface area contributed by atoms with Crippen molar-refractivity contribution in [3.05, 3.63) is 149 Å². The molecule has 0 amide bonds. The van der Waals surface area contributed by atoms with Gasteiger partial charge in [0.2, 0.25) is 5.78 Å². The summed E-state index contributed by atoms with van der Waals surface area (Å²) in [6.45, 7) is 7.79. The van der Waals surface area contributed by atoms with Crippen LogP contribution in [0.15, 0.2) is 115 Å². The van der Waals surface area contributed by atoms with Gasteiger partial charge in [0, 0.05) is 5.57 Å². The number of Topliss-reactive ketones (excluding diaryl/α,β-unsaturated/α-hetero) is 1. The Kier molecular flexibility index (Phi) is 6.58. The molecule has 2 aliphatic rings. The summed E-state index contributed by atoms with van der Waals surface area (Å²) in [7, 11) is 0. The maximum absolute atomic E-state index is 14.4. The van der Waals surface area contributed by atoms with Crippen molar-refractivity contribution in [3.8, 4) is 0 Å². The van der Waals surface area contributed by atoms with Crippen molar-refractivity contribution >= 4 is 11.4 Å². The molecule has 0 radical (unpaired) electrons. The fraction of sp³-hybridized carbons (Fsp3) is 0.250. The van der Waals surface area contributed by atoms with Gasteiger partial charge in [-0.2, -0.15) is 0 Å². The molecule has 0 unspecified atom stereocenters. The van der Waals surface area contributed by atoms with Gasteiger partial charge in [-0.05, 0) is 56.0 Å². The third-order valence-corrected chi connectivity index (χ3v) is 7.82. The SMILES string of the molecule is Cc1cc(C)cc(C2=C[C@@H]3OC(C)(C)O[C@]3(COC(c3ccccc3)(c3ccccc3)c3ccccc3)C2=O)c1. The number of fused-ring (bicyclic) bond motifs is 1. The second-order valence-electron chi connectivity index (χ2n) is 11.3. The monoisotopic (exact) mass is 530 g/mol. The van der Waals surface area contributed by atoms with Gasteiger partial charge in [0.05, 0.1) is 6.61 Å². The molecule has 4 heteroatoms. The van der Waals surface area contributed by atoms with Crippen molar-refractivity contribution in [1.29, 1.82) is 0 Å². The third kappa shape index (κ3) is 4.43. The zero-order chi connectivity index (χ0) is 28.0. The number of hydrogen-bond donors (Lipinski definition) is 0. The first-order valence-electron chi connectivity index (χ1n) is 13.8. The molecule has 6 rings (SSSR count). The van der Waals surface area contributed by atoms with Crippen molar-refractivity contribution in [2.24, 2.45) is 0 Å². The second kappa shape index (κ2) is 9.97. The molecule has 1 heterocycles. The third-order valence-electron chi connectivity index (χ3n) is 7.82. The van der Waals surface area contributed by atoms with E-state index in [1.54, 1.807) is 0 Å². The van der Waals surface area contributed by atoms with Crippen molar-refractivity contribution in [2.75, 3.05) is 6.61 Å². The predicted molar refractivity (Wildman–Crippen MR) is 157 cm³/mol. The van der Waals surface area contributed by atoms with E-state index in [9.17, 15) is 4.79 Å². The highest BCUT2D eigenvalue weighted by molar-refractivity contribution is 6.27. The predicted octanol–water partition coefficient (Wildman–Crippen LogP) is 7.17. The molecule has 0 aromatic heterocycles. The van der Waals surface area contributed by atoms with Crippen LogP contribution >= 0.6 is 0 Å². The van der Waals surface area contributed by atoms with Gasteiger partial charge in [0.15, 0.2) is 11.4 Å². The van der Waals surface area contributed by atoms with E-state index in [2.05, 4.69) is 42.5 Å². The maximum Gasteiger partial charge on any atom is 0.200 e. The van der Waals surface area contributed by atoms with Crippen LogP contribution in [0.3, 0.4) is 0 Å². The van der Waals surface area contributed by atoms with Gasteiger partial charge in [0.1, 0.15) is 11.7 Å². The van der Waals surface area contributed by atoms with Crippen molar-refractivity contribution in [3.63, 3.8) is 0 Å². The Morgan fingerprint density at radius 3 is 1.70 bits per heavy atom. The van der Waals surface area contributed by atoms with Gasteiger partial charge in [-0.3, -0.25) is 4.79 Å². The summed E-state index contributed by atoms with van der Waals surface area (Å²) < 4.78 is 20.0. The van der Waals surface area contributed by atoms with Gasteiger partial charge >= 0.3 is 0 Å². The number of benzene rings is 4. The molecule has 1 saturated heterocycles. The van der Waals surface area contributed by atoms with Crippen molar-refractivity contribution in [1.82, 2.24) is 0 Å². The van der Waals surface area contributed by atoms with E-state index in [0.717, 1.165) is 33.4 Å². The molecular weight excluding hydrogens is 496 g/mol. The molecule has 1 aliphatic heterocycles. The van der Waals surface area contributed by atoms with E-state index in [0.29, 0.717) is 5.57 Å². The minimum Gasteiger partial charge on any atom is -0.357 e. The summed E-state index contributed by atoms with van der Waals surface area (Å²) in [4.78, 5) is 14.4. The summed E-state index contributed by atoms with van der Waals surface area (Å²) in [6, 6.07) is 36.7. The summed E-state index contributed by atoms with van der Waals surface area (Å²) >= 11 is 0. The van der Waals surface area contributed by atoms with E-state index in [1.165, 1.54) is 0 Å². The first-order chi connectivity index (χ1) is 19.2. The quantitative estimate of drug-likeness (QED) is 0.238. The minimum absolute atomic E-state index is 0.00338. The summed E-state index contributed by atoms with van der Waals surface area (Å²) in [5.74, 6) is -1.06. The number of carbonyl (C=O) groups excluding carboxylic acids is 1. The zero-order valence-corrected chi connectivity index (χ0v) is 23.4. The number of hydrogen-bond acceptors (Lipinski definition) is 4. The average molecular weight is 531 g/mol. The summed E-state index contributed by atoms with van der Waals surface area (Å²) in [6.07, 6.45) is 1.34. The molecule has 4 nitrogen and oxygen atoms in total. The van der Waals surface area contributed by atoms with Gasteiger partial charge in [-0.1, -0.05) is 120 Å². The van der Waals surface area contributed by atoms with Crippen LogP contribution in [-0.2, 0) is 24.6 Å². The number of ketones is 1. The van der Waals surface area contributed by atoms with Gasteiger partial charge < -0.3 is 14.2 Å². The van der Waals surface area contributed by atoms with Crippen LogP contribution in [0.25, 0.3) is 5.57 Å². The summed E-state index contributed by atoms with van der Waals surface area (Å²) in [5, 5.41) is 0. The number of ether oxygens (including phenoxy) is 3. The van der Waals surface area contributed by atoms with E-state index in [1.807, 2.05) is 101 Å². The molecule has 1 aliphatic carbocycles. The van der Waals surface area contributed by atoms with Crippen LogP contribution in [0.2, 0.25) is 0 Å². The molecule has 4 aromatic rings. The molecule has 4 aromatic carbocycles. The van der Waals surface area contributed by atoms with Crippen molar-refractivity contribution in [2.45, 2.75) is 50.8 Å². The maximum atomic E-state index is 14.4. The Hall–Kier alpha value is -3.83. The average Bonchev–Trinajstić information content (AvgIpc) is 3.36. The minimum atomic E-state index is -1.32. The van der Waals surface area contributed by atoms with E-state index < -0.39 is 23.1 Å². The number of rotatable bonds is 7. The smallest absolute Gasteiger partial charge is 0.200 e. The normalized spacial score (nSPS) is 21.8. The second-order valence-corrected chi connectivity index (χ2v) is 11.3. The lowest BCUT2D eigenvalue weighted by atomic mass is 9.79. The molecule has 2 atom stereocenters. The van der Waals surface area contributed by atoms with E-state index in [-0.39, 0.29) is 12.4 Å². The first kappa shape index (κ1) is 26.4. The molecule has 0 N–H and O–H groups in total. The highest BCUT2D eigenvalue weighted by Crippen LogP contribution is 2.49. The highest BCUT2D eigenvalue weighted by Gasteiger charge is 2.62. The van der Waals surface area contributed by atoms with Crippen LogP contribution in [0.5, 0.6) is 0 Å². The fourth-order valence-electron chi connectivity index (χ4n) is 6.24. The molecule has 202 valence electrons. The van der Waals surface area contributed by atoms with Gasteiger partial charge in [0.25, 0.3) is 0 Å². The molecule has 40 heavy (non-hydrogen) atoms.